The number of carbonyl (C=O) groups is 1. The molecule has 0 spiro atoms. The van der Waals surface area contributed by atoms with Gasteiger partial charge in [-0.05, 0) is 62.3 Å². The number of benzene rings is 2. The van der Waals surface area contributed by atoms with Crippen LogP contribution in [0.2, 0.25) is 0 Å². The number of aromatic nitrogens is 2. The number of hydrogen-bond donors (Lipinski definition) is 1. The summed E-state index contributed by atoms with van der Waals surface area (Å²) in [6.45, 7) is 4.02. The molecule has 0 atom stereocenters. The predicted molar refractivity (Wildman–Crippen MR) is 120 cm³/mol. The molecule has 3 aromatic rings. The van der Waals surface area contributed by atoms with E-state index in [2.05, 4.69) is 29.5 Å². The largest absolute Gasteiger partial charge is 0.324 e. The predicted octanol–water partition coefficient (Wildman–Crippen LogP) is 4.30. The summed E-state index contributed by atoms with van der Waals surface area (Å²) in [6, 6.07) is 15.9. The number of hydrogen-bond acceptors (Lipinski definition) is 3. The van der Waals surface area contributed by atoms with E-state index in [4.69, 9.17) is 0 Å². The van der Waals surface area contributed by atoms with Gasteiger partial charge in [-0.1, -0.05) is 48.9 Å². The van der Waals surface area contributed by atoms with Crippen LogP contribution in [0.1, 0.15) is 42.0 Å². The van der Waals surface area contributed by atoms with Gasteiger partial charge in [0, 0.05) is 16.8 Å². The number of amides is 1. The number of anilines is 1. The molecule has 5 heteroatoms. The maximum Gasteiger partial charge on any atom is 0.270 e. The first-order chi connectivity index (χ1) is 14.5. The summed E-state index contributed by atoms with van der Waals surface area (Å²) >= 11 is 0. The summed E-state index contributed by atoms with van der Waals surface area (Å²) in [5, 5.41) is 7.54. The molecule has 5 nitrogen and oxygen atoms in total. The van der Waals surface area contributed by atoms with Crippen LogP contribution in [-0.2, 0) is 30.6 Å². The van der Waals surface area contributed by atoms with Crippen molar-refractivity contribution < 1.29 is 4.79 Å². The van der Waals surface area contributed by atoms with E-state index in [0.29, 0.717) is 0 Å². The molecular weight excluding hydrogens is 374 g/mol. The molecule has 0 unspecified atom stereocenters. The zero-order chi connectivity index (χ0) is 21.1. The number of rotatable bonds is 5. The molecule has 1 heterocycles. The van der Waals surface area contributed by atoms with E-state index in [1.165, 1.54) is 10.2 Å². The summed E-state index contributed by atoms with van der Waals surface area (Å²) in [5.41, 5.74) is 6.60. The number of carbonyl (C=O) groups excluding carboxylic acids is 1. The van der Waals surface area contributed by atoms with Crippen molar-refractivity contribution in [1.29, 1.82) is 0 Å². The Hall–Kier alpha value is -3.21. The van der Waals surface area contributed by atoms with Gasteiger partial charge in [-0.2, -0.15) is 5.10 Å². The van der Waals surface area contributed by atoms with E-state index < -0.39 is 0 Å². The first-order valence-corrected chi connectivity index (χ1v) is 10.6. The fraction of sp³-hybridized carbons (Fsp3) is 0.320. The van der Waals surface area contributed by atoms with Gasteiger partial charge in [-0.15, -0.1) is 0 Å². The van der Waals surface area contributed by atoms with E-state index in [-0.39, 0.29) is 18.0 Å². The molecule has 0 bridgehead atoms. The Kier molecular flexibility index (Phi) is 5.79. The van der Waals surface area contributed by atoms with E-state index in [1.807, 2.05) is 43.3 Å². The van der Waals surface area contributed by atoms with E-state index in [1.54, 1.807) is 0 Å². The highest BCUT2D eigenvalue weighted by Crippen LogP contribution is 2.28. The molecule has 1 aliphatic carbocycles. The van der Waals surface area contributed by atoms with Crippen LogP contribution in [0.15, 0.2) is 53.3 Å². The molecule has 1 aliphatic rings. The lowest BCUT2D eigenvalue weighted by molar-refractivity contribution is -0.117. The molecule has 0 saturated heterocycles. The monoisotopic (exact) mass is 401 g/mol. The molecule has 154 valence electrons. The Morgan fingerprint density at radius 3 is 2.53 bits per heavy atom. The molecule has 1 N–H and O–H groups in total. The molecule has 0 fully saturated rings. The highest BCUT2D eigenvalue weighted by atomic mass is 16.2. The van der Waals surface area contributed by atoms with Crippen LogP contribution in [0.5, 0.6) is 0 Å². The minimum absolute atomic E-state index is 0.0959. The van der Waals surface area contributed by atoms with E-state index in [9.17, 15) is 9.59 Å². The second kappa shape index (κ2) is 8.66. The molecule has 4 rings (SSSR count). The minimum Gasteiger partial charge on any atom is -0.324 e. The topological polar surface area (TPSA) is 64.0 Å². The molecule has 2 aromatic carbocycles. The number of fused-ring (bicyclic) bond motifs is 1. The Balaban J connectivity index is 1.67. The van der Waals surface area contributed by atoms with E-state index in [0.717, 1.165) is 65.7 Å². The van der Waals surface area contributed by atoms with Crippen molar-refractivity contribution in [1.82, 2.24) is 9.78 Å². The number of nitrogens with one attached hydrogen (secondary N) is 1. The minimum atomic E-state index is -0.247. The van der Waals surface area contributed by atoms with Gasteiger partial charge in [0.05, 0.1) is 5.69 Å². The normalized spacial score (nSPS) is 13.0. The smallest absolute Gasteiger partial charge is 0.270 e. The fourth-order valence-electron chi connectivity index (χ4n) is 4.04. The fourth-order valence-corrected chi connectivity index (χ4v) is 4.04. The Bertz CT molecular complexity index is 1130. The zero-order valence-corrected chi connectivity index (χ0v) is 17.6. The number of nitrogens with zero attached hydrogens (tertiary/aromatic N) is 2. The average molecular weight is 402 g/mol. The first kappa shape index (κ1) is 20.1. The van der Waals surface area contributed by atoms with Crippen molar-refractivity contribution in [2.24, 2.45) is 0 Å². The Morgan fingerprint density at radius 2 is 1.80 bits per heavy atom. The van der Waals surface area contributed by atoms with E-state index >= 15 is 0 Å². The summed E-state index contributed by atoms with van der Waals surface area (Å²) in [7, 11) is 0. The molecule has 0 saturated carbocycles. The van der Waals surface area contributed by atoms with Crippen LogP contribution in [0, 0.1) is 6.92 Å². The van der Waals surface area contributed by atoms with Gasteiger partial charge in [0.25, 0.3) is 5.56 Å². The second-order valence-corrected chi connectivity index (χ2v) is 7.94. The zero-order valence-electron chi connectivity index (χ0n) is 17.6. The molecule has 1 amide bonds. The van der Waals surface area contributed by atoms with Crippen LogP contribution in [0.25, 0.3) is 11.3 Å². The molecule has 0 radical (unpaired) electrons. The van der Waals surface area contributed by atoms with Crippen LogP contribution < -0.4 is 10.9 Å². The van der Waals surface area contributed by atoms with Gasteiger partial charge >= 0.3 is 0 Å². The molecule has 30 heavy (non-hydrogen) atoms. The first-order valence-electron chi connectivity index (χ1n) is 10.6. The van der Waals surface area contributed by atoms with Gasteiger partial charge in [0.2, 0.25) is 5.91 Å². The molecular formula is C25H27N3O2. The second-order valence-electron chi connectivity index (χ2n) is 7.94. The SMILES string of the molecule is CCc1cccc(NC(=O)Cn2nc(-c3ccc(C)cc3)c3c(c2=O)CCCC3)c1. The van der Waals surface area contributed by atoms with Crippen molar-refractivity contribution in [3.63, 3.8) is 0 Å². The Morgan fingerprint density at radius 1 is 1.07 bits per heavy atom. The van der Waals surface area contributed by atoms with Crippen molar-refractivity contribution in [2.75, 3.05) is 5.32 Å². The van der Waals surface area contributed by atoms with Gasteiger partial charge in [0.15, 0.2) is 0 Å². The third kappa shape index (κ3) is 4.20. The maximum absolute atomic E-state index is 13.1. The van der Waals surface area contributed by atoms with Crippen molar-refractivity contribution in [3.8, 4) is 11.3 Å². The van der Waals surface area contributed by atoms with Crippen LogP contribution in [0.3, 0.4) is 0 Å². The van der Waals surface area contributed by atoms with Crippen molar-refractivity contribution in [2.45, 2.75) is 52.5 Å². The van der Waals surface area contributed by atoms with Crippen LogP contribution >= 0.6 is 0 Å². The number of aryl methyl sites for hydroxylation is 2. The average Bonchev–Trinajstić information content (AvgIpc) is 2.76. The molecule has 1 aromatic heterocycles. The van der Waals surface area contributed by atoms with Gasteiger partial charge in [-0.3, -0.25) is 9.59 Å². The van der Waals surface area contributed by atoms with Gasteiger partial charge < -0.3 is 5.32 Å². The third-order valence-corrected chi connectivity index (χ3v) is 5.70. The standard InChI is InChI=1S/C25H27N3O2/c1-3-18-7-6-8-20(15-18)26-23(29)16-28-25(30)22-10-5-4-9-21(22)24(27-28)19-13-11-17(2)12-14-19/h6-8,11-15H,3-5,9-10,16H2,1-2H3,(H,26,29). The van der Waals surface area contributed by atoms with Gasteiger partial charge in [0.1, 0.15) is 6.54 Å². The van der Waals surface area contributed by atoms with Crippen LogP contribution in [0.4, 0.5) is 5.69 Å². The lowest BCUT2D eigenvalue weighted by atomic mass is 9.89. The summed E-state index contributed by atoms with van der Waals surface area (Å²) < 4.78 is 1.33. The quantitative estimate of drug-likeness (QED) is 0.693. The summed E-state index contributed by atoms with van der Waals surface area (Å²) in [6.07, 6.45) is 4.56. The third-order valence-electron chi connectivity index (χ3n) is 5.70. The van der Waals surface area contributed by atoms with Crippen molar-refractivity contribution in [3.05, 3.63) is 81.1 Å². The lowest BCUT2D eigenvalue weighted by Gasteiger charge is -2.20. The Labute approximate surface area is 176 Å². The summed E-state index contributed by atoms with van der Waals surface area (Å²) in [4.78, 5) is 25.7. The highest BCUT2D eigenvalue weighted by molar-refractivity contribution is 5.90. The lowest BCUT2D eigenvalue weighted by Crippen LogP contribution is -2.34. The highest BCUT2D eigenvalue weighted by Gasteiger charge is 2.22. The van der Waals surface area contributed by atoms with Crippen molar-refractivity contribution >= 4 is 11.6 Å². The maximum atomic E-state index is 13.1. The summed E-state index contributed by atoms with van der Waals surface area (Å²) in [5.74, 6) is -0.247. The molecule has 0 aliphatic heterocycles. The van der Waals surface area contributed by atoms with Gasteiger partial charge in [-0.25, -0.2) is 4.68 Å². The van der Waals surface area contributed by atoms with Crippen LogP contribution in [-0.4, -0.2) is 15.7 Å².